The molecule has 1 saturated carbocycles. The number of nitrogens with one attached hydrogen (secondary N) is 1. The van der Waals surface area contributed by atoms with Crippen LogP contribution in [0.5, 0.6) is 0 Å². The van der Waals surface area contributed by atoms with Crippen molar-refractivity contribution in [2.24, 2.45) is 10.6 Å². The third-order valence-corrected chi connectivity index (χ3v) is 5.44. The summed E-state index contributed by atoms with van der Waals surface area (Å²) in [6.07, 6.45) is 3.32. The minimum absolute atomic E-state index is 0.0209. The number of carbonyl (C=O) groups is 1. The fourth-order valence-electron chi connectivity index (χ4n) is 2.42. The van der Waals surface area contributed by atoms with E-state index in [0.29, 0.717) is 12.1 Å². The Kier molecular flexibility index (Phi) is 4.13. The minimum Gasteiger partial charge on any atom is -0.351 e. The lowest BCUT2D eigenvalue weighted by Gasteiger charge is -2.15. The number of aryl methyl sites for hydroxylation is 1. The van der Waals surface area contributed by atoms with E-state index < -0.39 is 10.0 Å². The Hall–Kier alpha value is -1.40. The van der Waals surface area contributed by atoms with Gasteiger partial charge < -0.3 is 5.32 Å². The molecule has 0 atom stereocenters. The molecule has 0 saturated heterocycles. The van der Waals surface area contributed by atoms with Crippen molar-refractivity contribution in [3.8, 4) is 0 Å². The van der Waals surface area contributed by atoms with Crippen LogP contribution in [0.3, 0.4) is 0 Å². The van der Waals surface area contributed by atoms with Crippen molar-refractivity contribution < 1.29 is 13.2 Å². The number of hydrogen-bond donors (Lipinski definition) is 2. The number of sulfonamides is 1. The number of hydrogen-bond acceptors (Lipinski definition) is 3. The standard InChI is InChI=1S/C15H22N2O3S/c1-4-15(5-6-15)9-17-14(18)13-8-12(21(16,19)20)7-10(2)11(13)3/h7-8H,4-6,9H2,1-3H3,(H,17,18)(H2,16,19,20). The smallest absolute Gasteiger partial charge is 0.251 e. The Labute approximate surface area is 126 Å². The number of carbonyl (C=O) groups excluding carboxylic acids is 1. The average Bonchev–Trinajstić information content (AvgIpc) is 3.18. The van der Waals surface area contributed by atoms with Crippen molar-refractivity contribution in [1.29, 1.82) is 0 Å². The fourth-order valence-corrected chi connectivity index (χ4v) is 3.04. The van der Waals surface area contributed by atoms with Crippen molar-refractivity contribution in [2.75, 3.05) is 6.54 Å². The lowest BCUT2D eigenvalue weighted by Crippen LogP contribution is -2.31. The van der Waals surface area contributed by atoms with E-state index in [2.05, 4.69) is 12.2 Å². The molecule has 0 aromatic heterocycles. The van der Waals surface area contributed by atoms with Crippen LogP contribution in [0.2, 0.25) is 0 Å². The lowest BCUT2D eigenvalue weighted by atomic mass is 10.0. The normalized spacial score (nSPS) is 16.6. The van der Waals surface area contributed by atoms with Crippen LogP contribution in [-0.4, -0.2) is 20.9 Å². The summed E-state index contributed by atoms with van der Waals surface area (Å²) >= 11 is 0. The monoisotopic (exact) mass is 310 g/mol. The molecule has 1 fully saturated rings. The molecular formula is C15H22N2O3S. The van der Waals surface area contributed by atoms with Gasteiger partial charge in [0.1, 0.15) is 0 Å². The second kappa shape index (κ2) is 5.42. The molecule has 21 heavy (non-hydrogen) atoms. The second-order valence-electron chi connectivity index (χ2n) is 5.99. The molecule has 5 nitrogen and oxygen atoms in total. The Bertz CT molecular complexity index is 676. The van der Waals surface area contributed by atoms with Gasteiger partial charge in [-0.15, -0.1) is 0 Å². The van der Waals surface area contributed by atoms with Crippen LogP contribution in [0.15, 0.2) is 17.0 Å². The molecule has 1 aromatic carbocycles. The molecule has 0 spiro atoms. The maximum atomic E-state index is 12.3. The summed E-state index contributed by atoms with van der Waals surface area (Å²) in [6.45, 7) is 6.34. The summed E-state index contributed by atoms with van der Waals surface area (Å²) in [5.74, 6) is -0.235. The average molecular weight is 310 g/mol. The molecule has 1 amide bonds. The number of rotatable bonds is 5. The molecular weight excluding hydrogens is 288 g/mol. The predicted molar refractivity (Wildman–Crippen MR) is 81.6 cm³/mol. The Morgan fingerprint density at radius 1 is 1.33 bits per heavy atom. The van der Waals surface area contributed by atoms with Gasteiger partial charge in [0.25, 0.3) is 5.91 Å². The van der Waals surface area contributed by atoms with Crippen molar-refractivity contribution in [3.05, 3.63) is 28.8 Å². The van der Waals surface area contributed by atoms with Gasteiger partial charge >= 0.3 is 0 Å². The highest BCUT2D eigenvalue weighted by atomic mass is 32.2. The second-order valence-corrected chi connectivity index (χ2v) is 7.56. The number of benzene rings is 1. The van der Waals surface area contributed by atoms with Crippen molar-refractivity contribution in [2.45, 2.75) is 44.9 Å². The van der Waals surface area contributed by atoms with Crippen LogP contribution in [-0.2, 0) is 10.0 Å². The Morgan fingerprint density at radius 3 is 2.43 bits per heavy atom. The quantitative estimate of drug-likeness (QED) is 0.870. The highest BCUT2D eigenvalue weighted by Gasteiger charge is 2.40. The summed E-state index contributed by atoms with van der Waals surface area (Å²) in [7, 11) is -3.81. The van der Waals surface area contributed by atoms with Gasteiger partial charge in [0.05, 0.1) is 4.90 Å². The first kappa shape index (κ1) is 16.0. The maximum absolute atomic E-state index is 12.3. The van der Waals surface area contributed by atoms with Gasteiger partial charge in [-0.3, -0.25) is 4.79 Å². The van der Waals surface area contributed by atoms with E-state index in [4.69, 9.17) is 5.14 Å². The van der Waals surface area contributed by atoms with E-state index in [-0.39, 0.29) is 16.2 Å². The molecule has 0 aliphatic heterocycles. The molecule has 6 heteroatoms. The van der Waals surface area contributed by atoms with E-state index in [1.165, 1.54) is 12.1 Å². The van der Waals surface area contributed by atoms with E-state index in [9.17, 15) is 13.2 Å². The van der Waals surface area contributed by atoms with Crippen LogP contribution in [0.25, 0.3) is 0 Å². The summed E-state index contributed by atoms with van der Waals surface area (Å²) in [5, 5.41) is 8.08. The van der Waals surface area contributed by atoms with Gasteiger partial charge in [-0.25, -0.2) is 13.6 Å². The lowest BCUT2D eigenvalue weighted by molar-refractivity contribution is 0.0943. The molecule has 0 radical (unpaired) electrons. The third kappa shape index (κ3) is 3.44. The fraction of sp³-hybridized carbons (Fsp3) is 0.533. The molecule has 116 valence electrons. The first-order chi connectivity index (χ1) is 9.68. The minimum atomic E-state index is -3.81. The van der Waals surface area contributed by atoms with Crippen molar-refractivity contribution >= 4 is 15.9 Å². The van der Waals surface area contributed by atoms with Crippen molar-refractivity contribution in [1.82, 2.24) is 5.32 Å². The highest BCUT2D eigenvalue weighted by molar-refractivity contribution is 7.89. The van der Waals surface area contributed by atoms with Gasteiger partial charge in [-0.05, 0) is 61.8 Å². The zero-order valence-electron chi connectivity index (χ0n) is 12.7. The summed E-state index contributed by atoms with van der Waals surface area (Å²) < 4.78 is 23.0. The van der Waals surface area contributed by atoms with Gasteiger partial charge in [-0.2, -0.15) is 0 Å². The molecule has 0 unspecified atom stereocenters. The Balaban J connectivity index is 2.26. The number of primary sulfonamides is 1. The van der Waals surface area contributed by atoms with Gasteiger partial charge in [-0.1, -0.05) is 6.92 Å². The van der Waals surface area contributed by atoms with E-state index in [1.807, 2.05) is 6.92 Å². The summed E-state index contributed by atoms with van der Waals surface area (Å²) in [5.41, 5.74) is 2.14. The Morgan fingerprint density at radius 2 is 1.95 bits per heavy atom. The molecule has 2 rings (SSSR count). The van der Waals surface area contributed by atoms with Crippen LogP contribution in [0.1, 0.15) is 47.7 Å². The summed E-state index contributed by atoms with van der Waals surface area (Å²) in [6, 6.07) is 2.86. The van der Waals surface area contributed by atoms with Gasteiger partial charge in [0, 0.05) is 12.1 Å². The molecule has 3 N–H and O–H groups in total. The van der Waals surface area contributed by atoms with Gasteiger partial charge in [0.15, 0.2) is 0 Å². The molecule has 0 bridgehead atoms. The summed E-state index contributed by atoms with van der Waals surface area (Å²) in [4.78, 5) is 12.3. The van der Waals surface area contributed by atoms with Crippen LogP contribution in [0.4, 0.5) is 0 Å². The number of amides is 1. The molecule has 1 aromatic rings. The zero-order valence-corrected chi connectivity index (χ0v) is 13.5. The molecule has 1 aliphatic carbocycles. The van der Waals surface area contributed by atoms with Crippen LogP contribution in [0, 0.1) is 19.3 Å². The molecule has 1 aliphatic rings. The van der Waals surface area contributed by atoms with E-state index >= 15 is 0 Å². The largest absolute Gasteiger partial charge is 0.351 e. The van der Waals surface area contributed by atoms with Crippen LogP contribution < -0.4 is 10.5 Å². The topological polar surface area (TPSA) is 89.3 Å². The maximum Gasteiger partial charge on any atom is 0.251 e. The third-order valence-electron chi connectivity index (χ3n) is 4.55. The predicted octanol–water partition coefficient (Wildman–Crippen LogP) is 1.87. The van der Waals surface area contributed by atoms with Gasteiger partial charge in [0.2, 0.25) is 10.0 Å². The molecule has 0 heterocycles. The number of nitrogens with two attached hydrogens (primary N) is 1. The first-order valence-corrected chi connectivity index (χ1v) is 8.65. The zero-order chi connectivity index (χ0) is 15.8. The van der Waals surface area contributed by atoms with Crippen molar-refractivity contribution in [3.63, 3.8) is 0 Å². The SMILES string of the molecule is CCC1(CNC(=O)c2cc(S(N)(=O)=O)cc(C)c2C)CC1. The highest BCUT2D eigenvalue weighted by Crippen LogP contribution is 2.47. The first-order valence-electron chi connectivity index (χ1n) is 7.11. The van der Waals surface area contributed by atoms with Crippen LogP contribution >= 0.6 is 0 Å². The van der Waals surface area contributed by atoms with E-state index in [1.54, 1.807) is 6.92 Å². The van der Waals surface area contributed by atoms with E-state index in [0.717, 1.165) is 30.4 Å².